The van der Waals surface area contributed by atoms with Crippen LogP contribution in [0.15, 0.2) is 54.6 Å². The summed E-state index contributed by atoms with van der Waals surface area (Å²) in [4.78, 5) is 40.7. The Kier molecular flexibility index (Phi) is 7.72. The molecule has 0 spiro atoms. The van der Waals surface area contributed by atoms with Gasteiger partial charge in [-0.3, -0.25) is 19.3 Å². The summed E-state index contributed by atoms with van der Waals surface area (Å²) in [5.41, 5.74) is 1.11. The van der Waals surface area contributed by atoms with Crippen LogP contribution in [0.5, 0.6) is 0 Å². The fraction of sp³-hybridized carbons (Fsp3) is 0.348. The number of hydrogen-bond donors (Lipinski definition) is 2. The van der Waals surface area contributed by atoms with E-state index in [-0.39, 0.29) is 42.5 Å². The van der Waals surface area contributed by atoms with Gasteiger partial charge in [0, 0.05) is 49.9 Å². The molecule has 2 aromatic carbocycles. The third kappa shape index (κ3) is 6.89. The first-order valence-corrected chi connectivity index (χ1v) is 10.3. The number of carbonyl (C=O) groups excluding carboxylic acids is 3. The minimum Gasteiger partial charge on any atom is -0.349 e. The maximum atomic E-state index is 12.9. The molecule has 31 heavy (non-hydrogen) atoms. The van der Waals surface area contributed by atoms with Gasteiger partial charge < -0.3 is 15.5 Å². The number of rotatable bonds is 7. The summed E-state index contributed by atoms with van der Waals surface area (Å²) in [6.07, 6.45) is 0.226. The van der Waals surface area contributed by atoms with Crippen LogP contribution in [-0.2, 0) is 9.59 Å². The fourth-order valence-corrected chi connectivity index (χ4v) is 3.43. The molecule has 1 aliphatic heterocycles. The van der Waals surface area contributed by atoms with Crippen molar-refractivity contribution in [1.29, 1.82) is 0 Å². The van der Waals surface area contributed by atoms with Crippen molar-refractivity contribution in [3.63, 3.8) is 0 Å². The Morgan fingerprint density at radius 1 is 0.968 bits per heavy atom. The van der Waals surface area contributed by atoms with Crippen LogP contribution in [0.2, 0.25) is 0 Å². The van der Waals surface area contributed by atoms with E-state index in [1.807, 2.05) is 17.9 Å². The minimum atomic E-state index is -0.354. The molecular weight excluding hydrogens is 399 g/mol. The van der Waals surface area contributed by atoms with E-state index in [2.05, 4.69) is 10.6 Å². The van der Waals surface area contributed by atoms with Gasteiger partial charge in [-0.1, -0.05) is 18.2 Å². The predicted octanol–water partition coefficient (Wildman–Crippen LogP) is 2.12. The molecule has 0 aliphatic carbocycles. The Hall–Kier alpha value is -3.26. The van der Waals surface area contributed by atoms with Crippen molar-refractivity contribution in [2.75, 3.05) is 38.0 Å². The van der Waals surface area contributed by atoms with Gasteiger partial charge in [-0.15, -0.1) is 0 Å². The second-order valence-corrected chi connectivity index (χ2v) is 7.66. The molecule has 1 unspecified atom stereocenters. The number of anilines is 1. The molecule has 3 amide bonds. The normalized spacial score (nSPS) is 15.2. The average Bonchev–Trinajstić information content (AvgIpc) is 2.76. The van der Waals surface area contributed by atoms with Crippen molar-refractivity contribution in [1.82, 2.24) is 15.1 Å². The van der Waals surface area contributed by atoms with Crippen molar-refractivity contribution in [3.05, 3.63) is 66.0 Å². The summed E-state index contributed by atoms with van der Waals surface area (Å²) in [6, 6.07) is 14.2. The summed E-state index contributed by atoms with van der Waals surface area (Å²) in [7, 11) is 0. The minimum absolute atomic E-state index is 0.0173. The van der Waals surface area contributed by atoms with E-state index in [1.54, 1.807) is 29.2 Å². The molecule has 1 atom stereocenters. The summed E-state index contributed by atoms with van der Waals surface area (Å²) in [5, 5.41) is 5.59. The second kappa shape index (κ2) is 10.7. The molecule has 0 saturated carbocycles. The molecular formula is C23H27FN4O3. The highest BCUT2D eigenvalue weighted by molar-refractivity contribution is 5.94. The predicted molar refractivity (Wildman–Crippen MR) is 116 cm³/mol. The Labute approximate surface area is 181 Å². The van der Waals surface area contributed by atoms with Crippen molar-refractivity contribution in [3.8, 4) is 0 Å². The van der Waals surface area contributed by atoms with Crippen molar-refractivity contribution < 1.29 is 18.8 Å². The quantitative estimate of drug-likeness (QED) is 0.711. The number of amides is 3. The Bertz CT molecular complexity index is 897. The Morgan fingerprint density at radius 2 is 1.61 bits per heavy atom. The van der Waals surface area contributed by atoms with Crippen LogP contribution in [0.4, 0.5) is 10.1 Å². The van der Waals surface area contributed by atoms with Gasteiger partial charge in [0.15, 0.2) is 0 Å². The van der Waals surface area contributed by atoms with E-state index in [0.717, 1.165) is 0 Å². The summed E-state index contributed by atoms with van der Waals surface area (Å²) in [6.45, 7) is 4.27. The maximum absolute atomic E-state index is 12.9. The highest BCUT2D eigenvalue weighted by Gasteiger charge is 2.24. The van der Waals surface area contributed by atoms with Gasteiger partial charge in [-0.2, -0.15) is 0 Å². The van der Waals surface area contributed by atoms with Crippen LogP contribution in [-0.4, -0.2) is 66.3 Å². The molecule has 0 aromatic heterocycles. The molecule has 1 heterocycles. The fourth-order valence-electron chi connectivity index (χ4n) is 3.43. The molecule has 3 rings (SSSR count). The monoisotopic (exact) mass is 426 g/mol. The summed E-state index contributed by atoms with van der Waals surface area (Å²) < 4.78 is 12.9. The van der Waals surface area contributed by atoms with Gasteiger partial charge >= 0.3 is 0 Å². The zero-order valence-corrected chi connectivity index (χ0v) is 17.5. The lowest BCUT2D eigenvalue weighted by Gasteiger charge is -2.34. The first-order chi connectivity index (χ1) is 14.9. The first-order valence-electron chi connectivity index (χ1n) is 10.3. The molecule has 2 aromatic rings. The van der Waals surface area contributed by atoms with E-state index in [9.17, 15) is 18.8 Å². The van der Waals surface area contributed by atoms with E-state index < -0.39 is 0 Å². The zero-order valence-electron chi connectivity index (χ0n) is 17.5. The smallest absolute Gasteiger partial charge is 0.251 e. The number of halogens is 1. The van der Waals surface area contributed by atoms with E-state index in [1.165, 1.54) is 24.3 Å². The largest absolute Gasteiger partial charge is 0.349 e. The van der Waals surface area contributed by atoms with Gasteiger partial charge in [0.1, 0.15) is 5.82 Å². The summed E-state index contributed by atoms with van der Waals surface area (Å²) >= 11 is 0. The van der Waals surface area contributed by atoms with Crippen molar-refractivity contribution >= 4 is 23.4 Å². The lowest BCUT2D eigenvalue weighted by Crippen LogP contribution is -2.51. The van der Waals surface area contributed by atoms with Gasteiger partial charge in [-0.25, -0.2) is 4.39 Å². The van der Waals surface area contributed by atoms with E-state index >= 15 is 0 Å². The van der Waals surface area contributed by atoms with Crippen LogP contribution in [0.1, 0.15) is 23.7 Å². The van der Waals surface area contributed by atoms with Gasteiger partial charge in [0.05, 0.1) is 6.54 Å². The molecule has 1 saturated heterocycles. The number of hydrogen-bond acceptors (Lipinski definition) is 4. The lowest BCUT2D eigenvalue weighted by atomic mass is 10.1. The molecule has 0 bridgehead atoms. The highest BCUT2D eigenvalue weighted by Crippen LogP contribution is 2.10. The van der Waals surface area contributed by atoms with Gasteiger partial charge in [0.2, 0.25) is 11.8 Å². The number of piperazine rings is 1. The molecule has 1 fully saturated rings. The standard InChI is InChI=1S/C23H27FN4O3/c1-17(25-23(31)18-5-3-2-4-6-18)15-22(30)28-13-11-27(12-14-28)16-21(29)26-20-9-7-19(24)8-10-20/h2-10,17H,11-16H2,1H3,(H,25,31)(H,26,29). The molecule has 8 heteroatoms. The summed E-state index contributed by atoms with van der Waals surface area (Å²) in [5.74, 6) is -0.745. The number of nitrogens with zero attached hydrogens (tertiary/aromatic N) is 2. The van der Waals surface area contributed by atoms with E-state index in [4.69, 9.17) is 0 Å². The third-order valence-electron chi connectivity index (χ3n) is 5.11. The van der Waals surface area contributed by atoms with Crippen LogP contribution in [0.25, 0.3) is 0 Å². The highest BCUT2D eigenvalue weighted by atomic mass is 19.1. The third-order valence-corrected chi connectivity index (χ3v) is 5.11. The number of nitrogens with one attached hydrogen (secondary N) is 2. The lowest BCUT2D eigenvalue weighted by molar-refractivity contribution is -0.133. The van der Waals surface area contributed by atoms with Gasteiger partial charge in [0.25, 0.3) is 5.91 Å². The number of carbonyl (C=O) groups is 3. The Morgan fingerprint density at radius 3 is 2.26 bits per heavy atom. The molecule has 164 valence electrons. The maximum Gasteiger partial charge on any atom is 0.251 e. The number of benzene rings is 2. The van der Waals surface area contributed by atoms with Crippen molar-refractivity contribution in [2.45, 2.75) is 19.4 Å². The van der Waals surface area contributed by atoms with Gasteiger partial charge in [-0.05, 0) is 43.3 Å². The molecule has 1 aliphatic rings. The van der Waals surface area contributed by atoms with Crippen molar-refractivity contribution in [2.24, 2.45) is 0 Å². The SMILES string of the molecule is CC(CC(=O)N1CCN(CC(=O)Nc2ccc(F)cc2)CC1)NC(=O)c1ccccc1. The Balaban J connectivity index is 1.38. The molecule has 2 N–H and O–H groups in total. The average molecular weight is 426 g/mol. The van der Waals surface area contributed by atoms with Crippen LogP contribution >= 0.6 is 0 Å². The second-order valence-electron chi connectivity index (χ2n) is 7.66. The molecule has 0 radical (unpaired) electrons. The van der Waals surface area contributed by atoms with Crippen LogP contribution < -0.4 is 10.6 Å². The first kappa shape index (κ1) is 22.4. The topological polar surface area (TPSA) is 81.8 Å². The zero-order chi connectivity index (χ0) is 22.2. The van der Waals surface area contributed by atoms with Crippen LogP contribution in [0.3, 0.4) is 0 Å². The van der Waals surface area contributed by atoms with E-state index in [0.29, 0.717) is 37.4 Å². The van der Waals surface area contributed by atoms with Crippen LogP contribution in [0, 0.1) is 5.82 Å². The molecule has 7 nitrogen and oxygen atoms in total.